The normalized spacial score (nSPS) is 16.1. The second-order valence-electron chi connectivity index (χ2n) is 6.96. The minimum absolute atomic E-state index is 0.215. The van der Waals surface area contributed by atoms with Crippen molar-refractivity contribution in [3.63, 3.8) is 0 Å². The highest BCUT2D eigenvalue weighted by Crippen LogP contribution is 2.28. The Balaban J connectivity index is 1.83. The molecule has 2 aromatic rings. The van der Waals surface area contributed by atoms with E-state index in [1.54, 1.807) is 0 Å². The number of benzene rings is 2. The van der Waals surface area contributed by atoms with Gasteiger partial charge in [0, 0.05) is 31.1 Å². The van der Waals surface area contributed by atoms with E-state index in [4.69, 9.17) is 0 Å². The molecule has 1 atom stereocenters. The summed E-state index contributed by atoms with van der Waals surface area (Å²) >= 11 is 0. The molecule has 0 N–H and O–H groups in total. The molecule has 3 rings (SSSR count). The lowest BCUT2D eigenvalue weighted by Crippen LogP contribution is -2.40. The highest BCUT2D eigenvalue weighted by molar-refractivity contribution is 5.99. The van der Waals surface area contributed by atoms with Crippen molar-refractivity contribution in [2.45, 2.75) is 31.7 Å². The predicted octanol–water partition coefficient (Wildman–Crippen LogP) is 4.64. The van der Waals surface area contributed by atoms with Gasteiger partial charge in [-0.15, -0.1) is 13.2 Å². The first-order valence-corrected chi connectivity index (χ1v) is 9.36. The average molecular weight is 345 g/mol. The Kier molecular flexibility index (Phi) is 6.19. The van der Waals surface area contributed by atoms with Crippen molar-refractivity contribution in [1.29, 1.82) is 0 Å². The Morgan fingerprint density at radius 3 is 2.46 bits per heavy atom. The summed E-state index contributed by atoms with van der Waals surface area (Å²) in [6.45, 7) is 9.48. The Morgan fingerprint density at radius 2 is 1.77 bits per heavy atom. The molecule has 1 unspecified atom stereocenters. The fraction of sp³-hybridized carbons (Fsp3) is 0.292. The van der Waals surface area contributed by atoms with E-state index in [1.165, 1.54) is 11.1 Å². The van der Waals surface area contributed by atoms with Gasteiger partial charge in [-0.1, -0.05) is 60.7 Å². The number of carbonyl (C=O) groups is 1. The minimum atomic E-state index is 0.215. The number of aryl methyl sites for hydroxylation is 1. The van der Waals surface area contributed by atoms with Crippen molar-refractivity contribution in [2.75, 3.05) is 13.1 Å². The average Bonchev–Trinajstić information content (AvgIpc) is 2.67. The highest BCUT2D eigenvalue weighted by Gasteiger charge is 2.26. The van der Waals surface area contributed by atoms with Crippen LogP contribution in [-0.4, -0.2) is 29.8 Å². The lowest BCUT2D eigenvalue weighted by atomic mass is 9.83. The predicted molar refractivity (Wildman–Crippen MR) is 109 cm³/mol. The number of hydrogen-bond donors (Lipinski definition) is 0. The molecule has 2 nitrogen and oxygen atoms in total. The molecule has 26 heavy (non-hydrogen) atoms. The second-order valence-corrected chi connectivity index (χ2v) is 6.96. The van der Waals surface area contributed by atoms with Gasteiger partial charge < -0.3 is 0 Å². The molecule has 0 spiro atoms. The van der Waals surface area contributed by atoms with E-state index in [2.05, 4.69) is 24.1 Å². The number of carbonyl (C=O) groups excluding carboxylic acids is 1. The quantitative estimate of drug-likeness (QED) is 0.513. The van der Waals surface area contributed by atoms with Crippen LogP contribution in [-0.2, 0) is 19.3 Å². The zero-order valence-corrected chi connectivity index (χ0v) is 15.4. The van der Waals surface area contributed by atoms with Gasteiger partial charge in [-0.3, -0.25) is 9.69 Å². The van der Waals surface area contributed by atoms with Crippen LogP contribution in [0.4, 0.5) is 0 Å². The number of hydrogen-bond acceptors (Lipinski definition) is 2. The van der Waals surface area contributed by atoms with Crippen LogP contribution in [0.15, 0.2) is 73.8 Å². The van der Waals surface area contributed by atoms with Crippen molar-refractivity contribution < 1.29 is 4.79 Å². The van der Waals surface area contributed by atoms with Crippen LogP contribution < -0.4 is 0 Å². The molecule has 134 valence electrons. The van der Waals surface area contributed by atoms with Crippen LogP contribution in [0.2, 0.25) is 0 Å². The maximum absolute atomic E-state index is 13.0. The van der Waals surface area contributed by atoms with Gasteiger partial charge in [0.1, 0.15) is 0 Å². The van der Waals surface area contributed by atoms with Crippen molar-refractivity contribution in [3.8, 4) is 0 Å². The summed E-state index contributed by atoms with van der Waals surface area (Å²) in [6, 6.07) is 16.6. The summed E-state index contributed by atoms with van der Waals surface area (Å²) in [7, 11) is 0. The Morgan fingerprint density at radius 1 is 1.04 bits per heavy atom. The monoisotopic (exact) mass is 345 g/mol. The molecule has 0 saturated carbocycles. The molecule has 0 aromatic heterocycles. The number of ketones is 1. The van der Waals surface area contributed by atoms with E-state index >= 15 is 0 Å². The van der Waals surface area contributed by atoms with Crippen molar-refractivity contribution in [3.05, 3.63) is 96.1 Å². The molecule has 1 aliphatic carbocycles. The summed E-state index contributed by atoms with van der Waals surface area (Å²) < 4.78 is 0. The molecule has 0 aliphatic heterocycles. The lowest BCUT2D eigenvalue weighted by Gasteiger charge is -2.34. The fourth-order valence-electron chi connectivity index (χ4n) is 3.92. The van der Waals surface area contributed by atoms with Crippen LogP contribution in [0.1, 0.15) is 33.5 Å². The Bertz CT molecular complexity index is 768. The first-order valence-electron chi connectivity index (χ1n) is 9.36. The molecule has 2 aromatic carbocycles. The standard InChI is InChI=1S/C24H27NO/c1-3-15-25(16-4-2)21-14-13-20-11-8-12-22(23(20)18-21)24(26)17-19-9-6-5-7-10-19/h3-12,21H,1-2,13-18H2. The molecule has 0 amide bonds. The summed E-state index contributed by atoms with van der Waals surface area (Å²) in [5, 5.41) is 0. The van der Waals surface area contributed by atoms with E-state index in [1.807, 2.05) is 54.6 Å². The summed E-state index contributed by atoms with van der Waals surface area (Å²) in [5.74, 6) is 0.215. The smallest absolute Gasteiger partial charge is 0.167 e. The minimum Gasteiger partial charge on any atom is -0.294 e. The van der Waals surface area contributed by atoms with Gasteiger partial charge in [0.25, 0.3) is 0 Å². The summed E-state index contributed by atoms with van der Waals surface area (Å²) in [6.07, 6.45) is 7.43. The van der Waals surface area contributed by atoms with Gasteiger partial charge in [0.05, 0.1) is 0 Å². The SMILES string of the molecule is C=CCN(CC=C)C1CCc2cccc(C(=O)Cc3ccccc3)c2C1. The van der Waals surface area contributed by atoms with Crippen molar-refractivity contribution in [2.24, 2.45) is 0 Å². The van der Waals surface area contributed by atoms with E-state index in [-0.39, 0.29) is 5.78 Å². The maximum atomic E-state index is 13.0. The molecule has 0 saturated heterocycles. The Hall–Kier alpha value is -2.45. The van der Waals surface area contributed by atoms with Gasteiger partial charge in [0.2, 0.25) is 0 Å². The van der Waals surface area contributed by atoms with Gasteiger partial charge in [-0.05, 0) is 36.0 Å². The molecule has 2 heteroatoms. The molecule has 0 heterocycles. The Labute approximate surface area is 156 Å². The van der Waals surface area contributed by atoms with Crippen molar-refractivity contribution >= 4 is 5.78 Å². The van der Waals surface area contributed by atoms with E-state index < -0.39 is 0 Å². The molecule has 0 bridgehead atoms. The maximum Gasteiger partial charge on any atom is 0.167 e. The topological polar surface area (TPSA) is 20.3 Å². The van der Waals surface area contributed by atoms with Crippen LogP contribution in [0.25, 0.3) is 0 Å². The first kappa shape index (κ1) is 18.3. The van der Waals surface area contributed by atoms with Crippen LogP contribution in [0.3, 0.4) is 0 Å². The highest BCUT2D eigenvalue weighted by atomic mass is 16.1. The fourth-order valence-corrected chi connectivity index (χ4v) is 3.92. The largest absolute Gasteiger partial charge is 0.294 e. The van der Waals surface area contributed by atoms with Gasteiger partial charge in [0.15, 0.2) is 5.78 Å². The van der Waals surface area contributed by atoms with Crippen molar-refractivity contribution in [1.82, 2.24) is 4.90 Å². The van der Waals surface area contributed by atoms with Crippen LogP contribution in [0, 0.1) is 0 Å². The van der Waals surface area contributed by atoms with E-state index in [9.17, 15) is 4.79 Å². The third kappa shape index (κ3) is 4.20. The molecular weight excluding hydrogens is 318 g/mol. The second kappa shape index (κ2) is 8.77. The van der Waals surface area contributed by atoms with Gasteiger partial charge in [-0.25, -0.2) is 0 Å². The number of fused-ring (bicyclic) bond motifs is 1. The van der Waals surface area contributed by atoms with E-state index in [0.29, 0.717) is 12.5 Å². The number of Topliss-reactive ketones (excluding diaryl/α,β-unsaturated/α-hetero) is 1. The van der Waals surface area contributed by atoms with E-state index in [0.717, 1.165) is 43.5 Å². The summed E-state index contributed by atoms with van der Waals surface area (Å²) in [4.78, 5) is 15.4. The molecular formula is C24H27NO. The zero-order chi connectivity index (χ0) is 18.4. The lowest BCUT2D eigenvalue weighted by molar-refractivity contribution is 0.0991. The number of rotatable bonds is 8. The molecule has 0 fully saturated rings. The zero-order valence-electron chi connectivity index (χ0n) is 15.4. The third-order valence-corrected chi connectivity index (χ3v) is 5.21. The molecule has 1 aliphatic rings. The van der Waals surface area contributed by atoms with Gasteiger partial charge in [-0.2, -0.15) is 0 Å². The number of nitrogens with zero attached hydrogens (tertiary/aromatic N) is 1. The molecule has 0 radical (unpaired) electrons. The van der Waals surface area contributed by atoms with Crippen LogP contribution in [0.5, 0.6) is 0 Å². The summed E-state index contributed by atoms with van der Waals surface area (Å²) in [5.41, 5.74) is 4.54. The first-order chi connectivity index (χ1) is 12.7. The third-order valence-electron chi connectivity index (χ3n) is 5.21. The van der Waals surface area contributed by atoms with Crippen LogP contribution >= 0.6 is 0 Å². The van der Waals surface area contributed by atoms with Gasteiger partial charge >= 0.3 is 0 Å².